The number of carbonyl (C=O) groups is 1. The average Bonchev–Trinajstić information content (AvgIpc) is 2.33. The van der Waals surface area contributed by atoms with Gasteiger partial charge in [0.15, 0.2) is 0 Å². The average molecular weight is 337 g/mol. The third-order valence-electron chi connectivity index (χ3n) is 2.99. The molecule has 7 heteroatoms. The van der Waals surface area contributed by atoms with E-state index in [4.69, 9.17) is 23.2 Å². The fraction of sp³-hybridized carbons (Fsp3) is 0.462. The summed E-state index contributed by atoms with van der Waals surface area (Å²) in [6.45, 7) is 3.65. The Kier molecular flexibility index (Phi) is 6.30. The van der Waals surface area contributed by atoms with Crippen LogP contribution >= 0.6 is 23.2 Å². The quantitative estimate of drug-likeness (QED) is 0.914. The van der Waals surface area contributed by atoms with E-state index in [2.05, 4.69) is 5.32 Å². The van der Waals surface area contributed by atoms with Crippen molar-refractivity contribution in [2.45, 2.75) is 19.9 Å². The first-order chi connectivity index (χ1) is 9.22. The molecule has 1 aromatic carbocycles. The summed E-state index contributed by atoms with van der Waals surface area (Å²) in [6.07, 6.45) is 1.61. The molecule has 0 fully saturated rings. The molecule has 0 heterocycles. The zero-order valence-corrected chi connectivity index (χ0v) is 14.2. The van der Waals surface area contributed by atoms with Gasteiger partial charge in [0.2, 0.25) is 0 Å². The molecule has 0 aliphatic heterocycles. The van der Waals surface area contributed by atoms with Gasteiger partial charge in [-0.2, -0.15) is 0 Å². The van der Waals surface area contributed by atoms with Crippen molar-refractivity contribution in [3.05, 3.63) is 27.7 Å². The van der Waals surface area contributed by atoms with E-state index >= 15 is 0 Å². The standard InChI is InChI=1S/C13H18Cl2N2O2S/c1-8(7-20(4)19)17(3)13(18)16-10-5-11(14)9(2)12(15)6-10/h5-6,8H,7H2,1-4H3,(H,16,18)/t8-,20-/m0/s1. The van der Waals surface area contributed by atoms with Crippen molar-refractivity contribution in [3.63, 3.8) is 0 Å². The molecule has 0 saturated carbocycles. The van der Waals surface area contributed by atoms with Crippen LogP contribution in [-0.4, -0.2) is 40.2 Å². The maximum Gasteiger partial charge on any atom is 0.321 e. The number of carbonyl (C=O) groups excluding carboxylic acids is 1. The van der Waals surface area contributed by atoms with Crippen molar-refractivity contribution in [2.24, 2.45) is 0 Å². The van der Waals surface area contributed by atoms with Gasteiger partial charge in [0.25, 0.3) is 0 Å². The Morgan fingerprint density at radius 1 is 1.40 bits per heavy atom. The second-order valence-corrected chi connectivity index (χ2v) is 6.99. The van der Waals surface area contributed by atoms with Crippen LogP contribution in [0.1, 0.15) is 12.5 Å². The Bertz CT molecular complexity index is 514. The van der Waals surface area contributed by atoms with E-state index in [-0.39, 0.29) is 12.1 Å². The van der Waals surface area contributed by atoms with E-state index in [0.29, 0.717) is 21.5 Å². The Morgan fingerprint density at radius 2 is 1.90 bits per heavy atom. The number of hydrogen-bond acceptors (Lipinski definition) is 2. The Balaban J connectivity index is 2.78. The second kappa shape index (κ2) is 7.29. The van der Waals surface area contributed by atoms with Gasteiger partial charge in [0.05, 0.1) is 0 Å². The fourth-order valence-corrected chi connectivity index (χ4v) is 2.97. The predicted octanol–water partition coefficient (Wildman–Crippen LogP) is 3.53. The normalized spacial score (nSPS) is 13.7. The highest BCUT2D eigenvalue weighted by molar-refractivity contribution is 7.84. The zero-order chi connectivity index (χ0) is 15.4. The number of nitrogens with one attached hydrogen (secondary N) is 1. The maximum absolute atomic E-state index is 12.1. The minimum absolute atomic E-state index is 0.128. The minimum atomic E-state index is -0.954. The first-order valence-electron chi connectivity index (χ1n) is 6.01. The lowest BCUT2D eigenvalue weighted by Crippen LogP contribution is -2.40. The number of urea groups is 1. The van der Waals surface area contributed by atoms with Gasteiger partial charge >= 0.3 is 6.03 Å². The third-order valence-corrected chi connectivity index (χ3v) is 4.73. The number of hydrogen-bond donors (Lipinski definition) is 1. The first-order valence-corrected chi connectivity index (χ1v) is 8.50. The van der Waals surface area contributed by atoms with E-state index in [1.54, 1.807) is 32.4 Å². The van der Waals surface area contributed by atoms with Crippen LogP contribution in [0.2, 0.25) is 10.0 Å². The lowest BCUT2D eigenvalue weighted by molar-refractivity contribution is 0.212. The highest BCUT2D eigenvalue weighted by Gasteiger charge is 2.17. The van der Waals surface area contributed by atoms with Crippen molar-refractivity contribution in [1.29, 1.82) is 0 Å². The number of anilines is 1. The fourth-order valence-electron chi connectivity index (χ4n) is 1.58. The molecular weight excluding hydrogens is 319 g/mol. The van der Waals surface area contributed by atoms with Crippen molar-refractivity contribution < 1.29 is 9.00 Å². The molecule has 2 amide bonds. The summed E-state index contributed by atoms with van der Waals surface area (Å²) in [6, 6.07) is 2.88. The lowest BCUT2D eigenvalue weighted by atomic mass is 10.2. The highest BCUT2D eigenvalue weighted by Crippen LogP contribution is 2.28. The molecular formula is C13H18Cl2N2O2S. The SMILES string of the molecule is Cc1c(Cl)cc(NC(=O)N(C)[C@@H](C)C[S@](C)=O)cc1Cl. The summed E-state index contributed by atoms with van der Waals surface area (Å²) in [5.74, 6) is 0.430. The largest absolute Gasteiger partial charge is 0.324 e. The summed E-state index contributed by atoms with van der Waals surface area (Å²) in [5.41, 5.74) is 1.31. The Morgan fingerprint density at radius 3 is 2.35 bits per heavy atom. The first kappa shape index (κ1) is 17.3. The monoisotopic (exact) mass is 336 g/mol. The van der Waals surface area contributed by atoms with Crippen LogP contribution in [0.3, 0.4) is 0 Å². The van der Waals surface area contributed by atoms with Gasteiger partial charge in [-0.1, -0.05) is 23.2 Å². The second-order valence-electron chi connectivity index (χ2n) is 4.69. The highest BCUT2D eigenvalue weighted by atomic mass is 35.5. The molecule has 20 heavy (non-hydrogen) atoms. The van der Waals surface area contributed by atoms with Gasteiger partial charge in [0.1, 0.15) is 0 Å². The topological polar surface area (TPSA) is 49.4 Å². The van der Waals surface area contributed by atoms with Crippen LogP contribution in [0.25, 0.3) is 0 Å². The van der Waals surface area contributed by atoms with Gasteiger partial charge in [-0.25, -0.2) is 4.79 Å². The molecule has 2 atom stereocenters. The van der Waals surface area contributed by atoms with Crippen LogP contribution in [-0.2, 0) is 10.8 Å². The zero-order valence-electron chi connectivity index (χ0n) is 11.9. The van der Waals surface area contributed by atoms with Crippen molar-refractivity contribution >= 4 is 45.7 Å². The molecule has 0 spiro atoms. The molecule has 0 radical (unpaired) electrons. The molecule has 0 aliphatic carbocycles. The van der Waals surface area contributed by atoms with Crippen molar-refractivity contribution in [2.75, 3.05) is 24.4 Å². The summed E-state index contributed by atoms with van der Waals surface area (Å²) in [5, 5.41) is 3.72. The molecule has 4 nitrogen and oxygen atoms in total. The van der Waals surface area contributed by atoms with E-state index in [9.17, 15) is 9.00 Å². The molecule has 0 saturated heterocycles. The van der Waals surface area contributed by atoms with Gasteiger partial charge < -0.3 is 10.2 Å². The lowest BCUT2D eigenvalue weighted by Gasteiger charge is -2.24. The summed E-state index contributed by atoms with van der Waals surface area (Å²) in [7, 11) is 0.703. The summed E-state index contributed by atoms with van der Waals surface area (Å²) in [4.78, 5) is 13.6. The van der Waals surface area contributed by atoms with E-state index < -0.39 is 10.8 Å². The minimum Gasteiger partial charge on any atom is -0.324 e. The molecule has 0 bridgehead atoms. The van der Waals surface area contributed by atoms with Gasteiger partial charge in [-0.05, 0) is 31.5 Å². The van der Waals surface area contributed by atoms with Crippen molar-refractivity contribution in [1.82, 2.24) is 4.90 Å². The Labute approximate surface area is 131 Å². The number of rotatable bonds is 4. The number of benzene rings is 1. The van der Waals surface area contributed by atoms with Crippen LogP contribution in [0.5, 0.6) is 0 Å². The molecule has 0 aromatic heterocycles. The molecule has 1 aromatic rings. The molecule has 1 rings (SSSR count). The third kappa shape index (κ3) is 4.65. The molecule has 1 N–H and O–H groups in total. The smallest absolute Gasteiger partial charge is 0.321 e. The van der Waals surface area contributed by atoms with E-state index in [1.165, 1.54) is 4.90 Å². The maximum atomic E-state index is 12.1. The van der Waals surface area contributed by atoms with Gasteiger partial charge in [-0.3, -0.25) is 4.21 Å². The predicted molar refractivity (Wildman–Crippen MR) is 86.4 cm³/mol. The molecule has 0 unspecified atom stereocenters. The van der Waals surface area contributed by atoms with Crippen LogP contribution < -0.4 is 5.32 Å². The number of halogens is 2. The van der Waals surface area contributed by atoms with Gasteiger partial charge in [-0.15, -0.1) is 0 Å². The summed E-state index contributed by atoms with van der Waals surface area (Å²) < 4.78 is 11.2. The van der Waals surface area contributed by atoms with Crippen LogP contribution in [0, 0.1) is 6.92 Å². The Hall–Kier alpha value is -0.780. The summed E-state index contributed by atoms with van der Waals surface area (Å²) >= 11 is 12.0. The van der Waals surface area contributed by atoms with Crippen LogP contribution in [0.4, 0.5) is 10.5 Å². The van der Waals surface area contributed by atoms with Gasteiger partial charge in [0, 0.05) is 51.6 Å². The molecule has 112 valence electrons. The number of nitrogens with zero attached hydrogens (tertiary/aromatic N) is 1. The van der Waals surface area contributed by atoms with E-state index in [0.717, 1.165) is 5.56 Å². The van der Waals surface area contributed by atoms with Crippen LogP contribution in [0.15, 0.2) is 12.1 Å². The number of amides is 2. The van der Waals surface area contributed by atoms with Crippen molar-refractivity contribution in [3.8, 4) is 0 Å². The van der Waals surface area contributed by atoms with E-state index in [1.807, 2.05) is 6.92 Å². The molecule has 0 aliphatic rings.